The number of aromatic amines is 1. The Morgan fingerprint density at radius 1 is 0.796 bits per heavy atom. The molecule has 0 fully saturated rings. The number of H-pyrrole nitrogens is 1. The van der Waals surface area contributed by atoms with Crippen LogP contribution in [0.1, 0.15) is 101 Å². The lowest BCUT2D eigenvalue weighted by Gasteiger charge is -2.21. The van der Waals surface area contributed by atoms with Gasteiger partial charge in [-0.2, -0.15) is 0 Å². The van der Waals surface area contributed by atoms with E-state index >= 15 is 0 Å². The second-order valence-corrected chi connectivity index (χ2v) is 13.8. The molecule has 54 heavy (non-hydrogen) atoms. The fraction of sp³-hybridized carbons (Fsp3) is 0.116. The van der Waals surface area contributed by atoms with E-state index in [-0.39, 0.29) is 56.2 Å². The highest BCUT2D eigenvalue weighted by atomic mass is 16.5. The van der Waals surface area contributed by atoms with Crippen LogP contribution in [0.5, 0.6) is 5.75 Å². The van der Waals surface area contributed by atoms with Crippen molar-refractivity contribution in [2.75, 3.05) is 4.90 Å². The van der Waals surface area contributed by atoms with Crippen LogP contribution in [0.15, 0.2) is 108 Å². The summed E-state index contributed by atoms with van der Waals surface area (Å²) in [5.74, 6) is -3.98. The van der Waals surface area contributed by atoms with E-state index in [2.05, 4.69) is 15.0 Å². The van der Waals surface area contributed by atoms with Gasteiger partial charge in [-0.05, 0) is 94.9 Å². The second kappa shape index (κ2) is 12.2. The van der Waals surface area contributed by atoms with Gasteiger partial charge in [0.1, 0.15) is 17.5 Å². The number of nitrogens with one attached hydrogen (secondary N) is 1. The number of pyridine rings is 1. The zero-order chi connectivity index (χ0) is 37.4. The van der Waals surface area contributed by atoms with Gasteiger partial charge in [0, 0.05) is 29.1 Å². The number of fused-ring (bicyclic) bond motifs is 4. The molecule has 0 bridgehead atoms. The van der Waals surface area contributed by atoms with Gasteiger partial charge in [0.15, 0.2) is 11.6 Å². The Morgan fingerprint density at radius 2 is 1.46 bits per heavy atom. The minimum absolute atomic E-state index is 0.0974. The average Bonchev–Trinajstić information content (AvgIpc) is 3.85. The largest absolute Gasteiger partial charge is 0.423 e. The van der Waals surface area contributed by atoms with Crippen molar-refractivity contribution in [1.29, 1.82) is 0 Å². The highest BCUT2D eigenvalue weighted by Crippen LogP contribution is 2.41. The first-order valence-electron chi connectivity index (χ1n) is 17.3. The Hall–Kier alpha value is -7.14. The van der Waals surface area contributed by atoms with Gasteiger partial charge in [-0.1, -0.05) is 44.2 Å². The lowest BCUT2D eigenvalue weighted by atomic mass is 9.95. The third kappa shape index (κ3) is 5.12. The average molecular weight is 713 g/mol. The third-order valence-corrected chi connectivity index (χ3v) is 10.2. The van der Waals surface area contributed by atoms with Crippen molar-refractivity contribution < 1.29 is 28.7 Å². The Labute approximate surface area is 306 Å². The number of benzene rings is 4. The Kier molecular flexibility index (Phi) is 7.42. The number of rotatable bonds is 6. The molecule has 0 unspecified atom stereocenters. The first kappa shape index (κ1) is 32.7. The quantitative estimate of drug-likeness (QED) is 0.108. The summed E-state index contributed by atoms with van der Waals surface area (Å²) in [4.78, 5) is 94.1. The number of hydrogen-bond donors (Lipinski definition) is 1. The highest BCUT2D eigenvalue weighted by Gasteiger charge is 2.43. The zero-order valence-electron chi connectivity index (χ0n) is 28.9. The summed E-state index contributed by atoms with van der Waals surface area (Å²) in [6, 6.07) is 19.4. The molecule has 9 rings (SSSR count). The number of anilines is 1. The van der Waals surface area contributed by atoms with Crippen molar-refractivity contribution in [3.63, 3.8) is 0 Å². The molecular weight excluding hydrogens is 684 g/mol. The molecule has 6 aromatic rings. The molecule has 2 aliphatic carbocycles. The lowest BCUT2D eigenvalue weighted by molar-refractivity contribution is 0.0733. The number of ketones is 2. The number of esters is 1. The van der Waals surface area contributed by atoms with Crippen molar-refractivity contribution >= 4 is 62.3 Å². The molecule has 3 aliphatic rings. The summed E-state index contributed by atoms with van der Waals surface area (Å²) in [6.45, 7) is 4.09. The maximum Gasteiger partial charge on any atom is 0.343 e. The van der Waals surface area contributed by atoms with Gasteiger partial charge >= 0.3 is 5.97 Å². The van der Waals surface area contributed by atoms with Crippen LogP contribution < -0.4 is 15.2 Å². The molecule has 1 N–H and O–H groups in total. The van der Waals surface area contributed by atoms with E-state index in [0.717, 1.165) is 16.7 Å². The Balaban J connectivity index is 1.06. The molecule has 0 saturated carbocycles. The minimum Gasteiger partial charge on any atom is -0.423 e. The molecule has 3 heterocycles. The van der Waals surface area contributed by atoms with Crippen LogP contribution in [0.4, 0.5) is 5.69 Å². The van der Waals surface area contributed by atoms with E-state index < -0.39 is 40.8 Å². The van der Waals surface area contributed by atoms with E-state index in [0.29, 0.717) is 22.9 Å². The summed E-state index contributed by atoms with van der Waals surface area (Å²) in [6.07, 6.45) is 9.58. The van der Waals surface area contributed by atoms with Gasteiger partial charge in [-0.3, -0.25) is 29.0 Å². The van der Waals surface area contributed by atoms with Gasteiger partial charge in [-0.15, -0.1) is 0 Å². The van der Waals surface area contributed by atoms with Gasteiger partial charge in [0.2, 0.25) is 0 Å². The summed E-state index contributed by atoms with van der Waals surface area (Å²) in [5, 5.41) is 1.14. The molecular formula is C43H28N4O7. The maximum atomic E-state index is 14.1. The van der Waals surface area contributed by atoms with Crippen LogP contribution in [-0.2, 0) is 0 Å². The summed E-state index contributed by atoms with van der Waals surface area (Å²) in [7, 11) is 0. The van der Waals surface area contributed by atoms with Gasteiger partial charge in [-0.25, -0.2) is 14.7 Å². The third-order valence-electron chi connectivity index (χ3n) is 10.2. The van der Waals surface area contributed by atoms with Crippen molar-refractivity contribution in [2.24, 2.45) is 0 Å². The van der Waals surface area contributed by atoms with Gasteiger partial charge < -0.3 is 9.72 Å². The van der Waals surface area contributed by atoms with Gasteiger partial charge in [0.25, 0.3) is 17.4 Å². The lowest BCUT2D eigenvalue weighted by Crippen LogP contribution is -2.30. The van der Waals surface area contributed by atoms with Crippen LogP contribution in [0.25, 0.3) is 27.2 Å². The fourth-order valence-electron chi connectivity index (χ4n) is 7.35. The molecule has 0 atom stereocenters. The number of imide groups is 1. The first-order chi connectivity index (χ1) is 26.1. The van der Waals surface area contributed by atoms with E-state index in [1.165, 1.54) is 59.8 Å². The monoisotopic (exact) mass is 712 g/mol. The summed E-state index contributed by atoms with van der Waals surface area (Å²) >= 11 is 0. The van der Waals surface area contributed by atoms with Crippen LogP contribution in [0, 0.1) is 0 Å². The number of allylic oxidation sites excluding steroid dienone is 4. The number of carbonyl (C=O) groups is 5. The molecule has 2 amide bonds. The van der Waals surface area contributed by atoms with E-state index in [9.17, 15) is 28.8 Å². The van der Waals surface area contributed by atoms with Crippen molar-refractivity contribution in [3.8, 4) is 5.75 Å². The number of aromatic nitrogens is 3. The molecule has 0 saturated heterocycles. The zero-order valence-corrected chi connectivity index (χ0v) is 28.9. The van der Waals surface area contributed by atoms with Crippen LogP contribution in [-0.4, -0.2) is 44.3 Å². The topological polar surface area (TPSA) is 156 Å². The molecule has 0 radical (unpaired) electrons. The fourth-order valence-corrected chi connectivity index (χ4v) is 7.35. The summed E-state index contributed by atoms with van der Waals surface area (Å²) < 4.78 is 5.38. The first-order valence-corrected chi connectivity index (χ1v) is 17.3. The van der Waals surface area contributed by atoms with Gasteiger partial charge in [0.05, 0.1) is 33.3 Å². The number of hydrogen-bond acceptors (Lipinski definition) is 9. The van der Waals surface area contributed by atoms with E-state index in [1.807, 2.05) is 50.3 Å². The van der Waals surface area contributed by atoms with Crippen LogP contribution in [0.3, 0.4) is 0 Å². The maximum absolute atomic E-state index is 14.1. The van der Waals surface area contributed by atoms with Crippen molar-refractivity contribution in [1.82, 2.24) is 15.0 Å². The Bertz CT molecular complexity index is 2760. The molecule has 4 aromatic carbocycles. The van der Waals surface area contributed by atoms with E-state index in [4.69, 9.17) is 4.74 Å². The molecule has 2 aromatic heterocycles. The molecule has 262 valence electrons. The smallest absolute Gasteiger partial charge is 0.343 e. The van der Waals surface area contributed by atoms with Crippen molar-refractivity contribution in [3.05, 3.63) is 159 Å². The SMILES string of the molecule is CC(C)c1ccc(C2=CC=CC2)c(N2C(=O)c3cc4cc5c(cc4cc3C2=O)C(=O)C(c2nc3cc(C(=O)Oc4ccncc4)ccc3c(=O)[nH]2)C5=O)c1. The Morgan fingerprint density at radius 3 is 2.09 bits per heavy atom. The number of nitrogens with zero attached hydrogens (tertiary/aromatic N) is 3. The molecule has 0 spiro atoms. The second-order valence-electron chi connectivity index (χ2n) is 13.8. The number of carbonyl (C=O) groups excluding carboxylic acids is 5. The number of Topliss-reactive ketones (excluding diaryl/α,β-unsaturated/α-hetero) is 2. The number of ether oxygens (including phenoxy) is 1. The molecule has 11 nitrogen and oxygen atoms in total. The molecule has 1 aliphatic heterocycles. The summed E-state index contributed by atoms with van der Waals surface area (Å²) in [5.41, 5.74) is 3.50. The predicted octanol–water partition coefficient (Wildman–Crippen LogP) is 7.12. The standard InChI is InChI=1S/C43H28N4O7/c1-21(2)23-7-9-28(22-5-3-4-6-22)35(20-23)47-41(51)32-17-25-15-30-31(16-26(25)18-33(32)42(47)52)38(49)36(37(30)48)39-45-34-19-24(8-10-29(34)40(50)46-39)43(53)54-27-11-13-44-14-12-27/h3-5,7-21,36H,6H2,1-2H3,(H,45,46,50). The van der Waals surface area contributed by atoms with Crippen molar-refractivity contribution in [2.45, 2.75) is 32.1 Å². The predicted molar refractivity (Wildman–Crippen MR) is 200 cm³/mol. The normalized spacial score (nSPS) is 15.2. The minimum atomic E-state index is -1.45. The van der Waals surface area contributed by atoms with E-state index in [1.54, 1.807) is 12.1 Å². The number of amides is 2. The van der Waals surface area contributed by atoms with Crippen LogP contribution in [0.2, 0.25) is 0 Å². The van der Waals surface area contributed by atoms with Crippen LogP contribution >= 0.6 is 0 Å². The highest BCUT2D eigenvalue weighted by molar-refractivity contribution is 6.36. The molecule has 11 heteroatoms.